The summed E-state index contributed by atoms with van der Waals surface area (Å²) in [6.45, 7) is 2.34. The van der Waals surface area contributed by atoms with E-state index >= 15 is 0 Å². The predicted octanol–water partition coefficient (Wildman–Crippen LogP) is 3.38. The molecule has 2 aromatic heterocycles. The zero-order chi connectivity index (χ0) is 22.2. The van der Waals surface area contributed by atoms with Crippen LogP contribution in [0.2, 0.25) is 0 Å². The molecular weight excluding hydrogens is 456 g/mol. The van der Waals surface area contributed by atoms with E-state index in [4.69, 9.17) is 0 Å². The Bertz CT molecular complexity index is 997. The number of rotatable bonds is 4. The van der Waals surface area contributed by atoms with E-state index in [-0.39, 0.29) is 28.6 Å². The monoisotopic (exact) mass is 478 g/mol. The summed E-state index contributed by atoms with van der Waals surface area (Å²) in [4.78, 5) is 11.9. The summed E-state index contributed by atoms with van der Waals surface area (Å²) >= 11 is 1.05. The molecule has 6 nitrogen and oxygen atoms in total. The number of nitrogens with zero attached hydrogens (tertiary/aromatic N) is 4. The zero-order valence-corrected chi connectivity index (χ0v) is 18.2. The van der Waals surface area contributed by atoms with E-state index in [1.165, 1.54) is 18.5 Å². The van der Waals surface area contributed by atoms with Gasteiger partial charge in [-0.1, -0.05) is 0 Å². The van der Waals surface area contributed by atoms with Crippen molar-refractivity contribution >= 4 is 26.9 Å². The fraction of sp³-hybridized carbons (Fsp3) is 0.579. The number of sulfone groups is 1. The molecule has 170 valence electrons. The third-order valence-corrected chi connectivity index (χ3v) is 8.53. The molecule has 0 aromatic carbocycles. The number of thiophene rings is 1. The fourth-order valence-electron chi connectivity index (χ4n) is 4.13. The maximum Gasteiger partial charge on any atom is 0.451 e. The summed E-state index contributed by atoms with van der Waals surface area (Å²) in [6, 6.07) is 2.99. The van der Waals surface area contributed by atoms with Crippen LogP contribution in [0.4, 0.5) is 23.2 Å². The highest BCUT2D eigenvalue weighted by Crippen LogP contribution is 2.34. The Morgan fingerprint density at radius 3 is 2.35 bits per heavy atom. The number of halogens is 4. The maximum absolute atomic E-state index is 13.7. The van der Waals surface area contributed by atoms with Crippen LogP contribution in [0.15, 0.2) is 24.5 Å². The van der Waals surface area contributed by atoms with E-state index in [1.807, 2.05) is 4.90 Å². The SMILES string of the molecule is O=S1(=O)CCC(CN2CCN(c3cnc(C(F)(F)F)nc3)CC2c2ccc(F)s2)CC1. The van der Waals surface area contributed by atoms with Gasteiger partial charge in [0.25, 0.3) is 0 Å². The molecule has 2 saturated heterocycles. The van der Waals surface area contributed by atoms with Gasteiger partial charge in [-0.2, -0.15) is 17.6 Å². The molecule has 0 spiro atoms. The number of aromatic nitrogens is 2. The highest BCUT2D eigenvalue weighted by molar-refractivity contribution is 7.91. The van der Waals surface area contributed by atoms with Crippen molar-refractivity contribution in [2.24, 2.45) is 5.92 Å². The standard InChI is InChI=1S/C19H22F4N4O2S2/c20-17-2-1-16(30-17)15-12-26(14-9-24-18(25-10-14)19(21,22)23)5-6-27(15)11-13-3-7-31(28,29)8-4-13/h1-2,9-10,13,15H,3-8,11-12H2. The highest BCUT2D eigenvalue weighted by Gasteiger charge is 2.36. The topological polar surface area (TPSA) is 66.4 Å². The number of alkyl halides is 3. The van der Waals surface area contributed by atoms with Crippen LogP contribution in [0.3, 0.4) is 0 Å². The summed E-state index contributed by atoms with van der Waals surface area (Å²) in [5.41, 5.74) is 0.485. The molecule has 4 heterocycles. The molecule has 0 N–H and O–H groups in total. The van der Waals surface area contributed by atoms with Crippen molar-refractivity contribution in [2.75, 3.05) is 42.6 Å². The Labute approximate surface area is 181 Å². The van der Waals surface area contributed by atoms with E-state index in [0.29, 0.717) is 44.7 Å². The quantitative estimate of drug-likeness (QED) is 0.628. The van der Waals surface area contributed by atoms with Crippen molar-refractivity contribution in [3.8, 4) is 0 Å². The first kappa shape index (κ1) is 22.4. The molecule has 2 aliphatic heterocycles. The average Bonchev–Trinajstić information content (AvgIpc) is 3.15. The van der Waals surface area contributed by atoms with E-state index in [2.05, 4.69) is 14.9 Å². The van der Waals surface area contributed by atoms with Crippen LogP contribution >= 0.6 is 11.3 Å². The van der Waals surface area contributed by atoms with E-state index in [9.17, 15) is 26.0 Å². The van der Waals surface area contributed by atoms with Crippen LogP contribution in [0.5, 0.6) is 0 Å². The van der Waals surface area contributed by atoms with Crippen molar-refractivity contribution in [3.05, 3.63) is 40.4 Å². The predicted molar refractivity (Wildman–Crippen MR) is 109 cm³/mol. The van der Waals surface area contributed by atoms with Gasteiger partial charge in [0, 0.05) is 31.1 Å². The van der Waals surface area contributed by atoms with Crippen LogP contribution in [0.1, 0.15) is 29.6 Å². The number of hydrogen-bond acceptors (Lipinski definition) is 7. The third-order valence-electron chi connectivity index (χ3n) is 5.84. The van der Waals surface area contributed by atoms with Gasteiger partial charge < -0.3 is 4.90 Å². The van der Waals surface area contributed by atoms with Gasteiger partial charge in [-0.3, -0.25) is 4.90 Å². The van der Waals surface area contributed by atoms with Crippen molar-refractivity contribution in [2.45, 2.75) is 25.1 Å². The summed E-state index contributed by atoms with van der Waals surface area (Å²) in [5.74, 6) is -0.548. The second-order valence-corrected chi connectivity index (χ2v) is 11.3. The lowest BCUT2D eigenvalue weighted by Crippen LogP contribution is -2.50. The molecule has 0 bridgehead atoms. The molecule has 0 amide bonds. The molecule has 2 aliphatic rings. The first-order valence-electron chi connectivity index (χ1n) is 9.94. The summed E-state index contributed by atoms with van der Waals surface area (Å²) in [5, 5.41) is -0.298. The first-order valence-corrected chi connectivity index (χ1v) is 12.6. The number of anilines is 1. The zero-order valence-electron chi connectivity index (χ0n) is 16.6. The summed E-state index contributed by atoms with van der Waals surface area (Å²) < 4.78 is 75.4. The van der Waals surface area contributed by atoms with Gasteiger partial charge >= 0.3 is 6.18 Å². The summed E-state index contributed by atoms with van der Waals surface area (Å²) in [6.07, 6.45) is -1.03. The van der Waals surface area contributed by atoms with Crippen LogP contribution in [-0.4, -0.2) is 61.0 Å². The van der Waals surface area contributed by atoms with Crippen LogP contribution < -0.4 is 4.90 Å². The molecule has 1 atom stereocenters. The molecule has 31 heavy (non-hydrogen) atoms. The number of hydrogen-bond donors (Lipinski definition) is 0. The summed E-state index contributed by atoms with van der Waals surface area (Å²) in [7, 11) is -2.95. The van der Waals surface area contributed by atoms with Crippen molar-refractivity contribution in [3.63, 3.8) is 0 Å². The Hall–Kier alpha value is -1.79. The fourth-order valence-corrected chi connectivity index (χ4v) is 6.58. The minimum atomic E-state index is -4.60. The molecule has 0 aliphatic carbocycles. The van der Waals surface area contributed by atoms with E-state index in [0.717, 1.165) is 16.2 Å². The van der Waals surface area contributed by atoms with Gasteiger partial charge in [0.2, 0.25) is 5.82 Å². The van der Waals surface area contributed by atoms with Crippen LogP contribution in [0.25, 0.3) is 0 Å². The third kappa shape index (κ3) is 5.35. The molecule has 1 unspecified atom stereocenters. The Kier molecular flexibility index (Phi) is 6.23. The highest BCUT2D eigenvalue weighted by atomic mass is 32.2. The van der Waals surface area contributed by atoms with Gasteiger partial charge in [0.1, 0.15) is 9.84 Å². The van der Waals surface area contributed by atoms with Crippen molar-refractivity contribution in [1.82, 2.24) is 14.9 Å². The second-order valence-electron chi connectivity index (χ2n) is 7.96. The second kappa shape index (κ2) is 8.62. The average molecular weight is 479 g/mol. The van der Waals surface area contributed by atoms with Gasteiger partial charge in [0.05, 0.1) is 35.6 Å². The van der Waals surface area contributed by atoms with E-state index < -0.39 is 21.8 Å². The van der Waals surface area contributed by atoms with Gasteiger partial charge in [0.15, 0.2) is 5.13 Å². The Morgan fingerprint density at radius 2 is 1.77 bits per heavy atom. The van der Waals surface area contributed by atoms with Crippen molar-refractivity contribution < 1.29 is 26.0 Å². The van der Waals surface area contributed by atoms with Crippen LogP contribution in [0, 0.1) is 11.0 Å². The van der Waals surface area contributed by atoms with Crippen molar-refractivity contribution in [1.29, 1.82) is 0 Å². The van der Waals surface area contributed by atoms with Gasteiger partial charge in [-0.25, -0.2) is 18.4 Å². The molecule has 0 radical (unpaired) electrons. The first-order chi connectivity index (χ1) is 14.6. The maximum atomic E-state index is 13.7. The van der Waals surface area contributed by atoms with E-state index in [1.54, 1.807) is 6.07 Å². The lowest BCUT2D eigenvalue weighted by atomic mass is 9.99. The normalized spacial score (nSPS) is 23.2. The minimum absolute atomic E-state index is 0.149. The lowest BCUT2D eigenvalue weighted by Gasteiger charge is -2.43. The Morgan fingerprint density at radius 1 is 1.10 bits per heavy atom. The van der Waals surface area contributed by atoms with Gasteiger partial charge in [-0.05, 0) is 30.9 Å². The molecule has 2 aromatic rings. The largest absolute Gasteiger partial charge is 0.451 e. The van der Waals surface area contributed by atoms with Gasteiger partial charge in [-0.15, -0.1) is 11.3 Å². The smallest absolute Gasteiger partial charge is 0.366 e. The molecular formula is C19H22F4N4O2S2. The molecule has 0 saturated carbocycles. The molecule has 4 rings (SSSR count). The Balaban J connectivity index is 1.50. The number of piperazine rings is 1. The molecule has 12 heteroatoms. The lowest BCUT2D eigenvalue weighted by molar-refractivity contribution is -0.145. The van der Waals surface area contributed by atoms with Crippen LogP contribution in [-0.2, 0) is 16.0 Å². The minimum Gasteiger partial charge on any atom is -0.366 e. The molecule has 2 fully saturated rings.